The molecule has 0 aromatic heterocycles. The molecule has 3 aromatic carbocycles. The number of hydrogen-bond donors (Lipinski definition) is 1. The summed E-state index contributed by atoms with van der Waals surface area (Å²) in [6.45, 7) is 5.60. The van der Waals surface area contributed by atoms with E-state index in [-0.39, 0.29) is 49.0 Å². The second kappa shape index (κ2) is 12.7. The minimum Gasteiger partial charge on any atom is -0.267 e. The molecule has 4 nitrogen and oxygen atoms in total. The predicted octanol–water partition coefficient (Wildman–Crippen LogP) is 6.86. The lowest BCUT2D eigenvalue weighted by Crippen LogP contribution is -2.55. The first kappa shape index (κ1) is 29.8. The van der Waals surface area contributed by atoms with Crippen molar-refractivity contribution in [1.29, 1.82) is 0 Å². The molecule has 0 aliphatic carbocycles. The highest BCUT2D eigenvalue weighted by Gasteiger charge is 2.29. The minimum atomic E-state index is -0.614. The van der Waals surface area contributed by atoms with Crippen molar-refractivity contribution in [3.63, 3.8) is 0 Å². The van der Waals surface area contributed by atoms with Crippen molar-refractivity contribution in [2.45, 2.75) is 26.3 Å². The summed E-state index contributed by atoms with van der Waals surface area (Å²) in [4.78, 5) is 25.8. The van der Waals surface area contributed by atoms with Gasteiger partial charge in [-0.05, 0) is 68.3 Å². The van der Waals surface area contributed by atoms with E-state index in [1.54, 1.807) is 36.4 Å². The third kappa shape index (κ3) is 7.42. The molecule has 0 heterocycles. The van der Waals surface area contributed by atoms with Gasteiger partial charge in [-0.15, -0.1) is 37.2 Å². The first-order valence-corrected chi connectivity index (χ1v) is 9.70. The third-order valence-electron chi connectivity index (χ3n) is 4.43. The van der Waals surface area contributed by atoms with Gasteiger partial charge in [-0.3, -0.25) is 15.0 Å². The molecular weight excluding hydrogens is 490 g/mol. The maximum Gasteiger partial charge on any atom is 0.272 e. The molecule has 0 unspecified atom stereocenters. The summed E-state index contributed by atoms with van der Waals surface area (Å²) in [6.07, 6.45) is 0. The zero-order valence-corrected chi connectivity index (χ0v) is 21.1. The van der Waals surface area contributed by atoms with Crippen molar-refractivity contribution >= 4 is 60.6 Å². The van der Waals surface area contributed by atoms with Gasteiger partial charge in [0.2, 0.25) is 0 Å². The average Bonchev–Trinajstić information content (AvgIpc) is 2.72. The molecule has 0 aliphatic rings. The van der Waals surface area contributed by atoms with Crippen LogP contribution in [0, 0.1) is 0 Å². The Hall–Kier alpha value is -2.24. The average molecular weight is 516 g/mol. The number of halogens is 4. The number of carbonyl (C=O) groups is 2. The van der Waals surface area contributed by atoms with Gasteiger partial charge in [-0.2, -0.15) is 0 Å². The molecule has 2 amide bonds. The number of amides is 2. The van der Waals surface area contributed by atoms with E-state index in [4.69, 9.17) is 11.6 Å². The van der Waals surface area contributed by atoms with E-state index in [0.29, 0.717) is 16.1 Å². The summed E-state index contributed by atoms with van der Waals surface area (Å²) in [5.74, 6) is -0.648. The normalized spacial score (nSPS) is 10.0. The topological polar surface area (TPSA) is 49.4 Å². The molecule has 1 N–H and O–H groups in total. The van der Waals surface area contributed by atoms with E-state index in [2.05, 4.69) is 5.43 Å². The maximum atomic E-state index is 13.2. The van der Waals surface area contributed by atoms with Crippen LogP contribution in [0.25, 0.3) is 11.1 Å². The van der Waals surface area contributed by atoms with E-state index < -0.39 is 5.54 Å². The van der Waals surface area contributed by atoms with E-state index in [1.165, 1.54) is 5.01 Å². The Morgan fingerprint density at radius 3 is 1.69 bits per heavy atom. The number of hydrazine groups is 1. The van der Waals surface area contributed by atoms with Crippen molar-refractivity contribution in [1.82, 2.24) is 10.4 Å². The summed E-state index contributed by atoms with van der Waals surface area (Å²) in [6, 6.07) is 23.8. The summed E-state index contributed by atoms with van der Waals surface area (Å²) >= 11 is 5.89. The SMILES string of the molecule is CC(C)(C)N(NC(=O)c1ccc(Cl)cc1)C(=O)c1ccc(-c2ccccc2)cc1.Cl.Cl.Cl. The molecule has 32 heavy (non-hydrogen) atoms. The summed E-state index contributed by atoms with van der Waals surface area (Å²) in [7, 11) is 0. The Morgan fingerprint density at radius 2 is 1.19 bits per heavy atom. The lowest BCUT2D eigenvalue weighted by atomic mass is 10.0. The van der Waals surface area contributed by atoms with E-state index in [9.17, 15) is 9.59 Å². The Kier molecular flexibility index (Phi) is 11.8. The second-order valence-corrected chi connectivity index (χ2v) is 8.14. The number of benzene rings is 3. The summed E-state index contributed by atoms with van der Waals surface area (Å²) in [5, 5.41) is 1.91. The molecular formula is C24H26Cl4N2O2. The fourth-order valence-electron chi connectivity index (χ4n) is 2.86. The van der Waals surface area contributed by atoms with Gasteiger partial charge >= 0.3 is 0 Å². The first-order chi connectivity index (χ1) is 13.8. The van der Waals surface area contributed by atoms with Crippen LogP contribution in [-0.2, 0) is 0 Å². The summed E-state index contributed by atoms with van der Waals surface area (Å²) < 4.78 is 0. The molecule has 3 aromatic rings. The molecule has 0 saturated heterocycles. The standard InChI is InChI=1S/C24H23ClN2O2.3ClH/c1-24(2,3)27(26-22(28)19-13-15-21(25)16-14-19)23(29)20-11-9-18(10-12-20)17-7-5-4-6-8-17;;;/h4-16H,1-3H3,(H,26,28);3*1H. The molecule has 0 bridgehead atoms. The van der Waals surface area contributed by atoms with Crippen LogP contribution in [0.5, 0.6) is 0 Å². The quantitative estimate of drug-likeness (QED) is 0.387. The molecule has 0 aliphatic heterocycles. The molecule has 3 rings (SSSR count). The van der Waals surface area contributed by atoms with Crippen LogP contribution in [0.4, 0.5) is 0 Å². The van der Waals surface area contributed by atoms with Gasteiger partial charge in [-0.25, -0.2) is 5.01 Å². The molecule has 0 atom stereocenters. The largest absolute Gasteiger partial charge is 0.272 e. The monoisotopic (exact) mass is 514 g/mol. The van der Waals surface area contributed by atoms with Gasteiger partial charge in [-0.1, -0.05) is 54.1 Å². The van der Waals surface area contributed by atoms with Crippen LogP contribution in [-0.4, -0.2) is 22.4 Å². The Morgan fingerprint density at radius 1 is 0.719 bits per heavy atom. The van der Waals surface area contributed by atoms with Crippen LogP contribution in [0.3, 0.4) is 0 Å². The molecule has 0 radical (unpaired) electrons. The van der Waals surface area contributed by atoms with Crippen LogP contribution in [0.15, 0.2) is 78.9 Å². The van der Waals surface area contributed by atoms with Crippen LogP contribution in [0.1, 0.15) is 41.5 Å². The lowest BCUT2D eigenvalue weighted by molar-refractivity contribution is 0.0358. The highest BCUT2D eigenvalue weighted by atomic mass is 35.5. The smallest absolute Gasteiger partial charge is 0.267 e. The lowest BCUT2D eigenvalue weighted by Gasteiger charge is -2.35. The maximum absolute atomic E-state index is 13.2. The fraction of sp³-hybridized carbons (Fsp3) is 0.167. The molecule has 0 fully saturated rings. The number of nitrogens with zero attached hydrogens (tertiary/aromatic N) is 1. The van der Waals surface area contributed by atoms with Crippen LogP contribution >= 0.6 is 48.8 Å². The third-order valence-corrected chi connectivity index (χ3v) is 4.68. The molecule has 172 valence electrons. The van der Waals surface area contributed by atoms with E-state index >= 15 is 0 Å². The van der Waals surface area contributed by atoms with Crippen LogP contribution in [0.2, 0.25) is 5.02 Å². The fourth-order valence-corrected chi connectivity index (χ4v) is 2.98. The van der Waals surface area contributed by atoms with Crippen molar-refractivity contribution in [2.75, 3.05) is 0 Å². The number of nitrogens with one attached hydrogen (secondary N) is 1. The van der Waals surface area contributed by atoms with Crippen molar-refractivity contribution in [3.05, 3.63) is 95.0 Å². The first-order valence-electron chi connectivity index (χ1n) is 9.32. The van der Waals surface area contributed by atoms with Crippen molar-refractivity contribution in [3.8, 4) is 11.1 Å². The van der Waals surface area contributed by atoms with Gasteiger partial charge in [0.25, 0.3) is 11.8 Å². The second-order valence-electron chi connectivity index (χ2n) is 7.70. The molecule has 0 spiro atoms. The highest BCUT2D eigenvalue weighted by molar-refractivity contribution is 6.30. The zero-order chi connectivity index (χ0) is 21.0. The molecule has 8 heteroatoms. The number of rotatable bonds is 3. The Balaban J connectivity index is 0.00000320. The van der Waals surface area contributed by atoms with Crippen molar-refractivity contribution in [2.24, 2.45) is 0 Å². The van der Waals surface area contributed by atoms with Gasteiger partial charge in [0.1, 0.15) is 0 Å². The van der Waals surface area contributed by atoms with Gasteiger partial charge < -0.3 is 0 Å². The Labute approximate surface area is 212 Å². The van der Waals surface area contributed by atoms with E-state index in [0.717, 1.165) is 11.1 Å². The highest BCUT2D eigenvalue weighted by Crippen LogP contribution is 2.21. The van der Waals surface area contributed by atoms with Crippen LogP contribution < -0.4 is 5.43 Å². The van der Waals surface area contributed by atoms with Gasteiger partial charge in [0, 0.05) is 16.1 Å². The Bertz CT molecular complexity index is 1000. The minimum absolute atomic E-state index is 0. The van der Waals surface area contributed by atoms with Gasteiger partial charge in [0.15, 0.2) is 0 Å². The number of carbonyl (C=O) groups excluding carboxylic acids is 2. The molecule has 0 saturated carbocycles. The van der Waals surface area contributed by atoms with Gasteiger partial charge in [0.05, 0.1) is 5.54 Å². The van der Waals surface area contributed by atoms with Crippen molar-refractivity contribution < 1.29 is 9.59 Å². The predicted molar refractivity (Wildman–Crippen MR) is 138 cm³/mol. The zero-order valence-electron chi connectivity index (χ0n) is 17.9. The number of hydrogen-bond acceptors (Lipinski definition) is 2. The summed E-state index contributed by atoms with van der Waals surface area (Å²) in [5.41, 5.74) is 5.15. The van der Waals surface area contributed by atoms with E-state index in [1.807, 2.05) is 63.2 Å².